The SMILES string of the molecule is OCCCCC(O)Cn1c2ccc(O)cc2c2cc(O)ccc21. The van der Waals surface area contributed by atoms with Gasteiger partial charge in [-0.1, -0.05) is 0 Å². The van der Waals surface area contributed by atoms with Gasteiger partial charge in [-0.2, -0.15) is 0 Å². The van der Waals surface area contributed by atoms with E-state index >= 15 is 0 Å². The second-order valence-corrected chi connectivity index (χ2v) is 5.89. The molecule has 0 amide bonds. The van der Waals surface area contributed by atoms with Crippen LogP contribution >= 0.6 is 0 Å². The van der Waals surface area contributed by atoms with Gasteiger partial charge in [-0.25, -0.2) is 0 Å². The molecule has 0 aliphatic carbocycles. The molecule has 0 aliphatic heterocycles. The van der Waals surface area contributed by atoms with Gasteiger partial charge in [0.2, 0.25) is 0 Å². The molecule has 122 valence electrons. The molecule has 0 bridgehead atoms. The molecule has 1 atom stereocenters. The Morgan fingerprint density at radius 2 is 1.43 bits per heavy atom. The first-order valence-electron chi connectivity index (χ1n) is 7.83. The number of aliphatic hydroxyl groups excluding tert-OH is 2. The Balaban J connectivity index is 2.03. The summed E-state index contributed by atoms with van der Waals surface area (Å²) in [5.74, 6) is 0.340. The van der Waals surface area contributed by atoms with E-state index in [9.17, 15) is 15.3 Å². The normalized spacial score (nSPS) is 13.0. The lowest BCUT2D eigenvalue weighted by Gasteiger charge is -2.13. The third-order valence-corrected chi connectivity index (χ3v) is 4.17. The van der Waals surface area contributed by atoms with E-state index in [0.29, 0.717) is 19.4 Å². The molecule has 0 saturated carbocycles. The van der Waals surface area contributed by atoms with Crippen LogP contribution in [-0.2, 0) is 6.54 Å². The van der Waals surface area contributed by atoms with Crippen LogP contribution in [0, 0.1) is 0 Å². The summed E-state index contributed by atoms with van der Waals surface area (Å²) < 4.78 is 2.01. The predicted molar refractivity (Wildman–Crippen MR) is 89.7 cm³/mol. The van der Waals surface area contributed by atoms with Gasteiger partial charge in [0.1, 0.15) is 11.5 Å². The third-order valence-electron chi connectivity index (χ3n) is 4.17. The number of hydrogen-bond donors (Lipinski definition) is 4. The summed E-state index contributed by atoms with van der Waals surface area (Å²) in [5.41, 5.74) is 1.81. The van der Waals surface area contributed by atoms with Crippen molar-refractivity contribution in [2.45, 2.75) is 31.9 Å². The van der Waals surface area contributed by atoms with Crippen molar-refractivity contribution in [3.05, 3.63) is 36.4 Å². The summed E-state index contributed by atoms with van der Waals surface area (Å²) in [6.45, 7) is 0.571. The van der Waals surface area contributed by atoms with Crippen LogP contribution in [0.5, 0.6) is 11.5 Å². The van der Waals surface area contributed by atoms with Crippen molar-refractivity contribution in [1.82, 2.24) is 4.57 Å². The van der Waals surface area contributed by atoms with E-state index in [0.717, 1.165) is 28.2 Å². The van der Waals surface area contributed by atoms with Crippen LogP contribution in [0.2, 0.25) is 0 Å². The number of aromatic nitrogens is 1. The molecule has 0 aliphatic rings. The Kier molecular flexibility index (Phi) is 4.41. The number of phenolic OH excluding ortho intramolecular Hbond substituents is 2. The second kappa shape index (κ2) is 6.48. The van der Waals surface area contributed by atoms with Gasteiger partial charge >= 0.3 is 0 Å². The third kappa shape index (κ3) is 3.11. The smallest absolute Gasteiger partial charge is 0.116 e. The molecule has 23 heavy (non-hydrogen) atoms. The minimum absolute atomic E-state index is 0.140. The van der Waals surface area contributed by atoms with Crippen molar-refractivity contribution in [3.8, 4) is 11.5 Å². The van der Waals surface area contributed by atoms with Crippen LogP contribution in [0.4, 0.5) is 0 Å². The van der Waals surface area contributed by atoms with E-state index in [-0.39, 0.29) is 18.1 Å². The molecule has 1 heterocycles. The molecule has 3 aromatic rings. The van der Waals surface area contributed by atoms with Gasteiger partial charge in [-0.15, -0.1) is 0 Å². The van der Waals surface area contributed by atoms with E-state index < -0.39 is 6.10 Å². The van der Waals surface area contributed by atoms with Crippen LogP contribution < -0.4 is 0 Å². The highest BCUT2D eigenvalue weighted by Crippen LogP contribution is 2.33. The Morgan fingerprint density at radius 3 is 1.96 bits per heavy atom. The maximum absolute atomic E-state index is 10.3. The van der Waals surface area contributed by atoms with Gasteiger partial charge in [0.25, 0.3) is 0 Å². The van der Waals surface area contributed by atoms with E-state index in [2.05, 4.69) is 0 Å². The quantitative estimate of drug-likeness (QED) is 0.527. The van der Waals surface area contributed by atoms with Gasteiger partial charge in [-0.05, 0) is 55.7 Å². The fourth-order valence-corrected chi connectivity index (χ4v) is 3.07. The molecule has 3 rings (SSSR count). The molecule has 5 heteroatoms. The lowest BCUT2D eigenvalue weighted by Crippen LogP contribution is -2.15. The number of unbranched alkanes of at least 4 members (excludes halogenated alkanes) is 1. The van der Waals surface area contributed by atoms with Gasteiger partial charge in [0, 0.05) is 35.0 Å². The van der Waals surface area contributed by atoms with E-state index in [4.69, 9.17) is 5.11 Å². The molecule has 0 fully saturated rings. The number of hydrogen-bond acceptors (Lipinski definition) is 4. The second-order valence-electron chi connectivity index (χ2n) is 5.89. The number of fused-ring (bicyclic) bond motifs is 3. The topological polar surface area (TPSA) is 85.9 Å². The zero-order chi connectivity index (χ0) is 16.4. The lowest BCUT2D eigenvalue weighted by molar-refractivity contribution is 0.140. The summed E-state index contributed by atoms with van der Waals surface area (Å²) in [7, 11) is 0. The van der Waals surface area contributed by atoms with Crippen LogP contribution in [0.1, 0.15) is 19.3 Å². The Hall–Kier alpha value is -2.24. The molecule has 1 unspecified atom stereocenters. The molecule has 0 spiro atoms. The summed E-state index contributed by atoms with van der Waals surface area (Å²) >= 11 is 0. The molecular weight excluding hydrogens is 294 g/mol. The van der Waals surface area contributed by atoms with Crippen molar-refractivity contribution in [1.29, 1.82) is 0 Å². The van der Waals surface area contributed by atoms with Crippen LogP contribution in [0.25, 0.3) is 21.8 Å². The first-order valence-corrected chi connectivity index (χ1v) is 7.83. The highest BCUT2D eigenvalue weighted by atomic mass is 16.3. The lowest BCUT2D eigenvalue weighted by atomic mass is 10.1. The number of benzene rings is 2. The van der Waals surface area contributed by atoms with E-state index in [1.165, 1.54) is 0 Å². The van der Waals surface area contributed by atoms with Crippen LogP contribution in [0.3, 0.4) is 0 Å². The predicted octanol–water partition coefficient (Wildman–Crippen LogP) is 2.73. The van der Waals surface area contributed by atoms with Crippen LogP contribution in [-0.4, -0.2) is 37.7 Å². The average Bonchev–Trinajstić information content (AvgIpc) is 2.80. The molecular formula is C18H21NO4. The summed E-state index contributed by atoms with van der Waals surface area (Å²) in [5, 5.41) is 40.3. The first kappa shape index (κ1) is 15.6. The van der Waals surface area contributed by atoms with E-state index in [1.807, 2.05) is 16.7 Å². The van der Waals surface area contributed by atoms with Gasteiger partial charge in [0.05, 0.1) is 6.10 Å². The van der Waals surface area contributed by atoms with Crippen molar-refractivity contribution in [2.75, 3.05) is 6.61 Å². The number of rotatable bonds is 6. The summed E-state index contributed by atoms with van der Waals surface area (Å²) in [4.78, 5) is 0. The molecule has 5 nitrogen and oxygen atoms in total. The molecule has 4 N–H and O–H groups in total. The van der Waals surface area contributed by atoms with Gasteiger partial charge in [0.15, 0.2) is 0 Å². The summed E-state index contributed by atoms with van der Waals surface area (Å²) in [6.07, 6.45) is 1.57. The minimum atomic E-state index is -0.511. The fraction of sp³-hybridized carbons (Fsp3) is 0.333. The number of phenols is 2. The fourth-order valence-electron chi connectivity index (χ4n) is 3.07. The van der Waals surface area contributed by atoms with Gasteiger partial charge < -0.3 is 25.0 Å². The Bertz CT molecular complexity index is 765. The number of aliphatic hydroxyl groups is 2. The molecule has 0 saturated heterocycles. The van der Waals surface area contributed by atoms with Crippen molar-refractivity contribution in [2.24, 2.45) is 0 Å². The van der Waals surface area contributed by atoms with Crippen LogP contribution in [0.15, 0.2) is 36.4 Å². The maximum Gasteiger partial charge on any atom is 0.116 e. The standard InChI is InChI=1S/C18H21NO4/c20-8-2-1-3-14(23)11-19-17-6-4-12(21)9-15(17)16-10-13(22)5-7-18(16)19/h4-7,9-10,14,20-23H,1-3,8,11H2. The van der Waals surface area contributed by atoms with E-state index in [1.54, 1.807) is 24.3 Å². The van der Waals surface area contributed by atoms with Crippen molar-refractivity contribution < 1.29 is 20.4 Å². The number of aromatic hydroxyl groups is 2. The van der Waals surface area contributed by atoms with Crippen molar-refractivity contribution in [3.63, 3.8) is 0 Å². The largest absolute Gasteiger partial charge is 0.508 e. The zero-order valence-electron chi connectivity index (χ0n) is 12.8. The molecule has 1 aromatic heterocycles. The van der Waals surface area contributed by atoms with Gasteiger partial charge in [-0.3, -0.25) is 0 Å². The average molecular weight is 315 g/mol. The Labute approximate surface area is 134 Å². The highest BCUT2D eigenvalue weighted by molar-refractivity contribution is 6.09. The van der Waals surface area contributed by atoms with Crippen molar-refractivity contribution >= 4 is 21.8 Å². The maximum atomic E-state index is 10.3. The molecule has 0 radical (unpaired) electrons. The number of nitrogens with zero attached hydrogens (tertiary/aromatic N) is 1. The Morgan fingerprint density at radius 1 is 0.870 bits per heavy atom. The molecule has 2 aromatic carbocycles. The highest BCUT2D eigenvalue weighted by Gasteiger charge is 2.14. The summed E-state index contributed by atoms with van der Waals surface area (Å²) in [6, 6.07) is 10.2. The first-order chi connectivity index (χ1) is 11.1. The minimum Gasteiger partial charge on any atom is -0.508 e. The monoisotopic (exact) mass is 315 g/mol. The zero-order valence-corrected chi connectivity index (χ0v) is 12.8.